The van der Waals surface area contributed by atoms with Gasteiger partial charge in [-0.2, -0.15) is 4.68 Å². The number of terminal acetylenes is 1. The lowest BCUT2D eigenvalue weighted by molar-refractivity contribution is -0.138. The van der Waals surface area contributed by atoms with Crippen molar-refractivity contribution in [3.05, 3.63) is 93.1 Å². The smallest absolute Gasteiger partial charge is 0.350 e. The molecule has 2 heterocycles. The number of alkyl halides is 3. The number of methoxy groups -OCH3 is 1. The quantitative estimate of drug-likeness (QED) is 0.0493. The van der Waals surface area contributed by atoms with E-state index in [0.29, 0.717) is 47.7 Å². The maximum absolute atomic E-state index is 12.5. The van der Waals surface area contributed by atoms with Crippen molar-refractivity contribution in [3.8, 4) is 23.8 Å². The Morgan fingerprint density at radius 2 is 1.78 bits per heavy atom. The van der Waals surface area contributed by atoms with Crippen LogP contribution in [0.5, 0.6) is 5.75 Å². The van der Waals surface area contributed by atoms with Crippen molar-refractivity contribution in [1.82, 2.24) is 19.2 Å². The number of halogens is 5. The number of carbonyl (C=O) groups excluding carboxylic acids is 2. The highest BCUT2D eigenvalue weighted by atomic mass is 35.5. The molecule has 1 aliphatic rings. The van der Waals surface area contributed by atoms with E-state index in [-0.39, 0.29) is 48.6 Å². The Balaban J connectivity index is 0.000000446. The van der Waals surface area contributed by atoms with Gasteiger partial charge in [0.2, 0.25) is 5.91 Å². The van der Waals surface area contributed by atoms with Gasteiger partial charge in [0.15, 0.2) is 12.2 Å². The molecule has 3 aromatic rings. The molecule has 4 N–H and O–H groups in total. The first kappa shape index (κ1) is 58.2. The number of carboxylic acids is 1. The molecule has 4 rings (SSSR count). The fourth-order valence-electron chi connectivity index (χ4n) is 5.99. The Kier molecular flexibility index (Phi) is 27.0. The van der Waals surface area contributed by atoms with Crippen molar-refractivity contribution >= 4 is 88.8 Å². The third-order valence-corrected chi connectivity index (χ3v) is 11.3. The van der Waals surface area contributed by atoms with Crippen LogP contribution in [0.3, 0.4) is 0 Å². The second-order valence-electron chi connectivity index (χ2n) is 14.2. The molecule has 2 amide bonds. The fourth-order valence-corrected chi connectivity index (χ4v) is 7.67. The van der Waals surface area contributed by atoms with Gasteiger partial charge in [-0.25, -0.2) is 4.79 Å². The van der Waals surface area contributed by atoms with Crippen LogP contribution in [0.15, 0.2) is 60.4 Å². The standard InChI is InChI=1S/C15H13Cl2N3O2.C15H22ClNO2.C8H11Cl2NO.C5H12NO4P/c1-2-7-22-13-9-12(10(16)8-11(13)17)20-15(21)19-6-4-3-5-14(19)18-20;1-5-13-8-6-7-11(2)15(13)17(14(18)9-16)12(3)10-19-4;1-3-5-11(6-4-2)8(12)7(9)10;1-11(9,10)3-2-4(6)5(7)8/h1,8-9H,3-7H2;6-8,12H,5,9-10H2,1-4H3;3-4,7H,1-2,5-6H2;4H,2-3,6H2,1H3,(H,7,8)(H,9,10). The highest BCUT2D eigenvalue weighted by Gasteiger charge is 2.25. The van der Waals surface area contributed by atoms with Crippen molar-refractivity contribution in [3.63, 3.8) is 0 Å². The zero-order chi connectivity index (χ0) is 48.7. The number of carboxylic acid groups (broad SMARTS) is 1. The van der Waals surface area contributed by atoms with Crippen LogP contribution in [0.25, 0.3) is 5.69 Å². The number of nitrogens with zero attached hydrogens (tertiary/aromatic N) is 5. The highest BCUT2D eigenvalue weighted by molar-refractivity contribution is 7.57. The molecule has 0 bridgehead atoms. The molecule has 1 aromatic heterocycles. The van der Waals surface area contributed by atoms with E-state index in [1.807, 2.05) is 26.0 Å². The third-order valence-electron chi connectivity index (χ3n) is 9.06. The molecule has 0 radical (unpaired) electrons. The first-order chi connectivity index (χ1) is 30.1. The number of amides is 2. The van der Waals surface area contributed by atoms with Crippen LogP contribution in [0.4, 0.5) is 5.69 Å². The van der Waals surface area contributed by atoms with Crippen LogP contribution in [-0.2, 0) is 43.1 Å². The molecule has 15 nitrogen and oxygen atoms in total. The largest absolute Gasteiger partial charge is 0.480 e. The lowest BCUT2D eigenvalue weighted by atomic mass is 10.0. The number of aromatic nitrogens is 3. The third kappa shape index (κ3) is 19.0. The second-order valence-corrected chi connectivity index (χ2v) is 18.9. The topological polar surface area (TPSA) is 200 Å². The number of ether oxygens (including phenoxy) is 2. The van der Waals surface area contributed by atoms with Gasteiger partial charge in [0.1, 0.15) is 30.1 Å². The van der Waals surface area contributed by atoms with Crippen LogP contribution in [0.2, 0.25) is 10.0 Å². The number of carbonyl (C=O) groups is 3. The molecule has 0 aliphatic carbocycles. The van der Waals surface area contributed by atoms with Gasteiger partial charge in [0, 0.05) is 52.1 Å². The summed E-state index contributed by atoms with van der Waals surface area (Å²) < 4.78 is 24.2. The average Bonchev–Trinajstić information content (AvgIpc) is 3.58. The maximum Gasteiger partial charge on any atom is 0.350 e. The monoisotopic (exact) mass is 1010 g/mol. The van der Waals surface area contributed by atoms with Gasteiger partial charge in [-0.1, -0.05) is 89.6 Å². The molecular weight excluding hydrogens is 953 g/mol. The predicted octanol–water partition coefficient (Wildman–Crippen LogP) is 7.53. The molecule has 3 atom stereocenters. The first-order valence-corrected chi connectivity index (χ1v) is 24.4. The van der Waals surface area contributed by atoms with Crippen molar-refractivity contribution in [2.45, 2.75) is 76.3 Å². The van der Waals surface area contributed by atoms with Gasteiger partial charge < -0.3 is 35.0 Å². The fraction of sp³-hybridized carbons (Fsp3) is 0.465. The summed E-state index contributed by atoms with van der Waals surface area (Å²) in [5.74, 6) is 1.94. The van der Waals surface area contributed by atoms with E-state index in [1.165, 1.54) is 22.3 Å². The normalized spacial score (nSPS) is 13.3. The highest BCUT2D eigenvalue weighted by Crippen LogP contribution is 2.36. The summed E-state index contributed by atoms with van der Waals surface area (Å²) in [5, 5.41) is 13.3. The second kappa shape index (κ2) is 29.7. The Morgan fingerprint density at radius 1 is 1.14 bits per heavy atom. The van der Waals surface area contributed by atoms with E-state index in [0.717, 1.165) is 48.3 Å². The Hall–Kier alpha value is -3.81. The van der Waals surface area contributed by atoms with E-state index < -0.39 is 24.2 Å². The van der Waals surface area contributed by atoms with E-state index in [1.54, 1.807) is 34.8 Å². The van der Waals surface area contributed by atoms with Gasteiger partial charge >= 0.3 is 11.7 Å². The molecule has 0 saturated carbocycles. The Labute approximate surface area is 400 Å². The Bertz CT molecular complexity index is 2160. The number of aryl methyl sites for hydroxylation is 3. The van der Waals surface area contributed by atoms with Gasteiger partial charge in [-0.15, -0.1) is 36.3 Å². The molecule has 0 saturated heterocycles. The lowest BCUT2D eigenvalue weighted by Crippen LogP contribution is -2.43. The number of para-hydroxylation sites is 1. The van der Waals surface area contributed by atoms with E-state index in [2.05, 4.69) is 37.2 Å². The van der Waals surface area contributed by atoms with E-state index in [4.69, 9.17) is 89.6 Å². The number of rotatable bonds is 18. The van der Waals surface area contributed by atoms with Gasteiger partial charge in [0.05, 0.1) is 34.1 Å². The predicted molar refractivity (Wildman–Crippen MR) is 259 cm³/mol. The maximum atomic E-state index is 12.5. The molecule has 354 valence electrons. The summed E-state index contributed by atoms with van der Waals surface area (Å²) in [5.41, 5.74) is 8.53. The van der Waals surface area contributed by atoms with E-state index in [9.17, 15) is 23.7 Å². The zero-order valence-corrected chi connectivity index (χ0v) is 41.3. The number of aliphatic carboxylic acids is 1. The number of anilines is 1. The van der Waals surface area contributed by atoms with Gasteiger partial charge in [-0.05, 0) is 56.7 Å². The molecule has 0 fully saturated rings. The number of fused-ring (bicyclic) bond motifs is 1. The van der Waals surface area contributed by atoms with Crippen LogP contribution in [-0.4, -0.2) is 116 Å². The minimum Gasteiger partial charge on any atom is -0.480 e. The first-order valence-electron chi connectivity index (χ1n) is 19.9. The van der Waals surface area contributed by atoms with Crippen LogP contribution in [0, 0.1) is 19.3 Å². The Morgan fingerprint density at radius 3 is 2.28 bits per heavy atom. The van der Waals surface area contributed by atoms with Gasteiger partial charge in [0.25, 0.3) is 5.91 Å². The molecule has 2 aromatic carbocycles. The van der Waals surface area contributed by atoms with Crippen LogP contribution in [0.1, 0.15) is 50.1 Å². The minimum absolute atomic E-state index is 0.0223. The summed E-state index contributed by atoms with van der Waals surface area (Å²) >= 11 is 28.8. The summed E-state index contributed by atoms with van der Waals surface area (Å²) in [7, 11) is -1.47. The molecular formula is C43H58Cl5N6O9P. The van der Waals surface area contributed by atoms with Crippen molar-refractivity contribution in [1.29, 1.82) is 0 Å². The summed E-state index contributed by atoms with van der Waals surface area (Å²) in [6.45, 7) is 16.4. The lowest BCUT2D eigenvalue weighted by Gasteiger charge is -2.31. The van der Waals surface area contributed by atoms with Crippen molar-refractivity contribution < 1.29 is 38.4 Å². The van der Waals surface area contributed by atoms with Crippen molar-refractivity contribution in [2.75, 3.05) is 57.0 Å². The summed E-state index contributed by atoms with van der Waals surface area (Å²) in [6.07, 6.45) is 12.1. The number of hydrogen-bond acceptors (Lipinski definition) is 9. The number of benzene rings is 2. The number of nitrogens with two attached hydrogens (primary N) is 1. The number of hydrogen-bond donors (Lipinski definition) is 3. The average molecular weight is 1010 g/mol. The molecule has 21 heteroatoms. The van der Waals surface area contributed by atoms with Gasteiger partial charge in [-0.3, -0.25) is 23.5 Å². The summed E-state index contributed by atoms with van der Waals surface area (Å²) in [4.78, 5) is 56.9. The molecule has 0 spiro atoms. The SMILES string of the molecule is C#CCOc1cc(-n2nc3n(c2=O)CCCC3)c(Cl)cc1Cl.C=CCN(CC=C)C(=O)C(Cl)Cl.CCc1cccc(C)c1N(C(=O)CCl)C(C)COC.CP(=O)(O)CCC(N)C(=O)O. The minimum atomic E-state index is -3.10. The summed E-state index contributed by atoms with van der Waals surface area (Å²) in [6, 6.07) is 8.12. The van der Waals surface area contributed by atoms with E-state index >= 15 is 0 Å². The molecule has 1 aliphatic heterocycles. The van der Waals surface area contributed by atoms with Crippen molar-refractivity contribution in [2.24, 2.45) is 5.73 Å². The van der Waals surface area contributed by atoms with Crippen LogP contribution < -0.4 is 21.1 Å². The zero-order valence-electron chi connectivity index (χ0n) is 36.7. The molecule has 64 heavy (non-hydrogen) atoms. The molecule has 3 unspecified atom stereocenters. The van der Waals surface area contributed by atoms with Crippen LogP contribution >= 0.6 is 65.4 Å².